The molecule has 1 aromatic carbocycles. The van der Waals surface area contributed by atoms with Gasteiger partial charge in [-0.3, -0.25) is 4.79 Å². The third-order valence-corrected chi connectivity index (χ3v) is 1.71. The molecular weight excluding hydrogens is 165 g/mol. The molecule has 1 heterocycles. The van der Waals surface area contributed by atoms with Gasteiger partial charge in [-0.15, -0.1) is 5.75 Å². The molecule has 12 heavy (non-hydrogen) atoms. The Labute approximate surface area is 92.1 Å². The first-order chi connectivity index (χ1) is 5.25. The predicted molar refractivity (Wildman–Crippen MR) is 38.2 cm³/mol. The van der Waals surface area contributed by atoms with E-state index in [4.69, 9.17) is 0 Å². The van der Waals surface area contributed by atoms with Crippen LogP contribution in [0.3, 0.4) is 0 Å². The summed E-state index contributed by atoms with van der Waals surface area (Å²) in [6.07, 6.45) is 0.398. The van der Waals surface area contributed by atoms with Crippen LogP contribution in [-0.4, -0.2) is 5.91 Å². The first-order valence-electron chi connectivity index (χ1n) is 3.35. The second-order valence-electron chi connectivity index (χ2n) is 2.54. The molecule has 0 radical (unpaired) electrons. The summed E-state index contributed by atoms with van der Waals surface area (Å²) in [6.45, 7) is 0. The molecule has 0 bridgehead atoms. The number of rotatable bonds is 0. The van der Waals surface area contributed by atoms with Gasteiger partial charge < -0.3 is 10.4 Å². The van der Waals surface area contributed by atoms with Gasteiger partial charge in [-0.1, -0.05) is 12.1 Å². The van der Waals surface area contributed by atoms with Crippen molar-refractivity contribution in [3.05, 3.63) is 23.8 Å². The van der Waals surface area contributed by atoms with E-state index in [2.05, 4.69) is 5.32 Å². The van der Waals surface area contributed by atoms with E-state index in [1.807, 2.05) is 0 Å². The number of hydrogen-bond donors (Lipinski definition) is 1. The van der Waals surface area contributed by atoms with E-state index in [0.717, 1.165) is 5.56 Å². The normalized spacial score (nSPS) is 13.2. The molecule has 3 nitrogen and oxygen atoms in total. The van der Waals surface area contributed by atoms with Gasteiger partial charge in [0.25, 0.3) is 0 Å². The molecule has 1 N–H and O–H groups in total. The van der Waals surface area contributed by atoms with Crippen LogP contribution in [0.2, 0.25) is 0 Å². The second kappa shape index (κ2) is 3.47. The van der Waals surface area contributed by atoms with Crippen molar-refractivity contribution in [3.8, 4) is 5.75 Å². The van der Waals surface area contributed by atoms with Crippen LogP contribution in [-0.2, 0) is 11.2 Å². The summed E-state index contributed by atoms with van der Waals surface area (Å²) in [5.41, 5.74) is 1.58. The molecule has 1 aromatic rings. The van der Waals surface area contributed by atoms with Crippen molar-refractivity contribution in [1.29, 1.82) is 0 Å². The second-order valence-corrected chi connectivity index (χ2v) is 2.54. The average molecular weight is 171 g/mol. The SMILES string of the molecule is O=C1Cc2ccc([O-])cc2N1.[Na+]. The van der Waals surface area contributed by atoms with E-state index in [-0.39, 0.29) is 41.2 Å². The fraction of sp³-hybridized carbons (Fsp3) is 0.125. The number of hydrogen-bond acceptors (Lipinski definition) is 2. The van der Waals surface area contributed by atoms with Crippen molar-refractivity contribution in [2.24, 2.45) is 0 Å². The van der Waals surface area contributed by atoms with E-state index in [9.17, 15) is 9.90 Å². The number of amides is 1. The van der Waals surface area contributed by atoms with E-state index < -0.39 is 0 Å². The zero-order valence-corrected chi connectivity index (χ0v) is 8.76. The van der Waals surface area contributed by atoms with Crippen molar-refractivity contribution >= 4 is 11.6 Å². The van der Waals surface area contributed by atoms with Gasteiger partial charge in [0.15, 0.2) is 0 Å². The van der Waals surface area contributed by atoms with E-state index in [1.165, 1.54) is 12.1 Å². The Bertz CT molecular complexity index is 325. The molecule has 56 valence electrons. The minimum absolute atomic E-state index is 0. The van der Waals surface area contributed by atoms with Crippen molar-refractivity contribution in [3.63, 3.8) is 0 Å². The molecule has 1 aliphatic heterocycles. The summed E-state index contributed by atoms with van der Waals surface area (Å²) in [4.78, 5) is 10.8. The van der Waals surface area contributed by atoms with Gasteiger partial charge in [-0.25, -0.2) is 0 Å². The molecule has 0 saturated carbocycles. The molecule has 0 saturated heterocycles. The maximum absolute atomic E-state index is 10.8. The van der Waals surface area contributed by atoms with Gasteiger partial charge >= 0.3 is 29.6 Å². The third-order valence-electron chi connectivity index (χ3n) is 1.71. The summed E-state index contributed by atoms with van der Waals surface area (Å²) in [7, 11) is 0. The number of carbonyl (C=O) groups excluding carboxylic acids is 1. The number of carbonyl (C=O) groups is 1. The predicted octanol–water partition coefficient (Wildman–Crippen LogP) is -2.74. The molecule has 2 rings (SSSR count). The Morgan fingerprint density at radius 1 is 1.42 bits per heavy atom. The molecule has 0 atom stereocenters. The minimum Gasteiger partial charge on any atom is -0.872 e. The quantitative estimate of drug-likeness (QED) is 0.430. The monoisotopic (exact) mass is 171 g/mol. The summed E-state index contributed by atoms with van der Waals surface area (Å²) in [5.74, 6) is -0.100. The summed E-state index contributed by atoms with van der Waals surface area (Å²) < 4.78 is 0. The summed E-state index contributed by atoms with van der Waals surface area (Å²) in [5, 5.41) is 13.4. The third kappa shape index (κ3) is 1.63. The van der Waals surface area contributed by atoms with Crippen LogP contribution >= 0.6 is 0 Å². The van der Waals surface area contributed by atoms with Crippen LogP contribution in [0.15, 0.2) is 18.2 Å². The van der Waals surface area contributed by atoms with E-state index in [0.29, 0.717) is 12.1 Å². The molecule has 0 aromatic heterocycles. The van der Waals surface area contributed by atoms with Crippen molar-refractivity contribution in [2.45, 2.75) is 6.42 Å². The van der Waals surface area contributed by atoms with Gasteiger partial charge in [0.2, 0.25) is 5.91 Å². The zero-order chi connectivity index (χ0) is 7.84. The number of nitrogens with one attached hydrogen (secondary N) is 1. The Kier molecular flexibility index (Phi) is 2.77. The van der Waals surface area contributed by atoms with Gasteiger partial charge in [0, 0.05) is 5.69 Å². The fourth-order valence-corrected chi connectivity index (χ4v) is 1.19. The zero-order valence-electron chi connectivity index (χ0n) is 6.76. The topological polar surface area (TPSA) is 52.2 Å². The molecule has 0 aliphatic carbocycles. The van der Waals surface area contributed by atoms with Crippen molar-refractivity contribution in [2.75, 3.05) is 5.32 Å². The number of anilines is 1. The molecular formula is C8H6NNaO2. The molecule has 1 aliphatic rings. The fourth-order valence-electron chi connectivity index (χ4n) is 1.19. The van der Waals surface area contributed by atoms with Crippen molar-refractivity contribution < 1.29 is 39.5 Å². The maximum Gasteiger partial charge on any atom is 1.00 e. The Hall–Kier alpha value is -0.510. The molecule has 0 unspecified atom stereocenters. The smallest absolute Gasteiger partial charge is 0.872 e. The largest absolute Gasteiger partial charge is 1.00 e. The average Bonchev–Trinajstić information content (AvgIpc) is 2.27. The van der Waals surface area contributed by atoms with Gasteiger partial charge in [0.1, 0.15) is 0 Å². The van der Waals surface area contributed by atoms with Crippen LogP contribution < -0.4 is 40.0 Å². The number of fused-ring (bicyclic) bond motifs is 1. The van der Waals surface area contributed by atoms with Crippen LogP contribution in [0.1, 0.15) is 5.56 Å². The first kappa shape index (κ1) is 9.58. The van der Waals surface area contributed by atoms with Gasteiger partial charge in [0.05, 0.1) is 6.42 Å². The van der Waals surface area contributed by atoms with Crippen molar-refractivity contribution in [1.82, 2.24) is 0 Å². The molecule has 0 fully saturated rings. The van der Waals surface area contributed by atoms with Gasteiger partial charge in [-0.2, -0.15) is 0 Å². The summed E-state index contributed by atoms with van der Waals surface area (Å²) >= 11 is 0. The molecule has 1 amide bonds. The number of benzene rings is 1. The minimum atomic E-state index is -0.0639. The Morgan fingerprint density at radius 3 is 2.92 bits per heavy atom. The van der Waals surface area contributed by atoms with Crippen LogP contribution in [0.5, 0.6) is 5.75 Å². The summed E-state index contributed by atoms with van der Waals surface area (Å²) in [6, 6.07) is 4.61. The molecule has 0 spiro atoms. The Balaban J connectivity index is 0.000000720. The van der Waals surface area contributed by atoms with Crippen LogP contribution in [0, 0.1) is 0 Å². The molecule has 4 heteroatoms. The van der Waals surface area contributed by atoms with Gasteiger partial charge in [-0.05, 0) is 11.6 Å². The van der Waals surface area contributed by atoms with Crippen LogP contribution in [0.25, 0.3) is 0 Å². The van der Waals surface area contributed by atoms with Crippen LogP contribution in [0.4, 0.5) is 5.69 Å². The first-order valence-corrected chi connectivity index (χ1v) is 3.35. The maximum atomic E-state index is 10.8. The standard InChI is InChI=1S/C8H7NO2.Na/c10-6-2-1-5-3-8(11)9-7(5)4-6;/h1-2,4,10H,3H2,(H,9,11);/q;+1/p-1. The van der Waals surface area contributed by atoms with E-state index in [1.54, 1.807) is 6.07 Å². The Morgan fingerprint density at radius 2 is 2.17 bits per heavy atom. The van der Waals surface area contributed by atoms with E-state index >= 15 is 0 Å².